The summed E-state index contributed by atoms with van der Waals surface area (Å²) in [7, 11) is 0. The molecule has 0 spiro atoms. The van der Waals surface area contributed by atoms with Crippen molar-refractivity contribution in [3.05, 3.63) is 71.1 Å². The fourth-order valence-corrected chi connectivity index (χ4v) is 3.42. The van der Waals surface area contributed by atoms with E-state index in [1.807, 2.05) is 24.3 Å². The normalized spacial score (nSPS) is 20.0. The monoisotopic (exact) mass is 380 g/mol. The number of aromatic nitrogens is 1. The molecule has 2 atom stereocenters. The number of likely N-dealkylation sites (tertiary alicyclic amines) is 1. The Balaban J connectivity index is 2.15. The first-order valence-corrected chi connectivity index (χ1v) is 9.28. The van der Waals surface area contributed by atoms with Gasteiger partial charge in [0, 0.05) is 24.5 Å². The summed E-state index contributed by atoms with van der Waals surface area (Å²) in [5.41, 5.74) is 2.20. The number of carbonyl (C=O) groups excluding carboxylic acids is 2. The summed E-state index contributed by atoms with van der Waals surface area (Å²) in [6.07, 6.45) is 2.19. The molecule has 2 unspecified atom stereocenters. The first kappa shape index (κ1) is 19.8. The number of aliphatic hydroxyl groups is 2. The van der Waals surface area contributed by atoms with Crippen LogP contribution in [0, 0.1) is 0 Å². The smallest absolute Gasteiger partial charge is 0.295 e. The zero-order valence-electron chi connectivity index (χ0n) is 16.2. The van der Waals surface area contributed by atoms with Gasteiger partial charge in [-0.05, 0) is 36.1 Å². The van der Waals surface area contributed by atoms with Crippen molar-refractivity contribution in [2.45, 2.75) is 38.8 Å². The Kier molecular flexibility index (Phi) is 5.61. The van der Waals surface area contributed by atoms with Gasteiger partial charge in [0.1, 0.15) is 5.76 Å². The SMILES string of the molecule is CC(O)CN1C(=O)C(=O)/C(=C(/O)c2cccnc2)C1c1ccc(C(C)C)cc1. The van der Waals surface area contributed by atoms with Crippen molar-refractivity contribution in [3.8, 4) is 0 Å². The van der Waals surface area contributed by atoms with Gasteiger partial charge in [0.15, 0.2) is 0 Å². The van der Waals surface area contributed by atoms with Gasteiger partial charge in [-0.3, -0.25) is 14.6 Å². The molecule has 146 valence electrons. The van der Waals surface area contributed by atoms with Gasteiger partial charge < -0.3 is 15.1 Å². The molecule has 2 N–H and O–H groups in total. The molecule has 6 heteroatoms. The maximum Gasteiger partial charge on any atom is 0.295 e. The second-order valence-electron chi connectivity index (χ2n) is 7.36. The molecule has 1 aromatic heterocycles. The third-order valence-corrected chi connectivity index (χ3v) is 4.85. The molecule has 1 aliphatic rings. The lowest BCUT2D eigenvalue weighted by Crippen LogP contribution is -2.35. The van der Waals surface area contributed by atoms with Crippen LogP contribution >= 0.6 is 0 Å². The Morgan fingerprint density at radius 2 is 1.82 bits per heavy atom. The summed E-state index contributed by atoms with van der Waals surface area (Å²) in [4.78, 5) is 30.7. The number of pyridine rings is 1. The number of hydrogen-bond acceptors (Lipinski definition) is 5. The molecule has 0 saturated carbocycles. The summed E-state index contributed by atoms with van der Waals surface area (Å²) in [5, 5.41) is 20.7. The van der Waals surface area contributed by atoms with Gasteiger partial charge >= 0.3 is 0 Å². The number of β-amino-alcohol motifs (C(OH)–C–C–N with tert-alkyl or cyclic N) is 1. The highest BCUT2D eigenvalue weighted by Gasteiger charge is 2.46. The number of ketones is 1. The lowest BCUT2D eigenvalue weighted by atomic mass is 9.93. The van der Waals surface area contributed by atoms with E-state index in [-0.39, 0.29) is 17.9 Å². The molecule has 1 fully saturated rings. The van der Waals surface area contributed by atoms with E-state index < -0.39 is 23.8 Å². The van der Waals surface area contributed by atoms with E-state index in [1.54, 1.807) is 25.3 Å². The van der Waals surface area contributed by atoms with Gasteiger partial charge in [-0.1, -0.05) is 38.1 Å². The van der Waals surface area contributed by atoms with Gasteiger partial charge in [-0.15, -0.1) is 0 Å². The van der Waals surface area contributed by atoms with Gasteiger partial charge in [0.05, 0.1) is 17.7 Å². The number of carbonyl (C=O) groups is 2. The minimum absolute atomic E-state index is 0.00894. The van der Waals surface area contributed by atoms with E-state index in [0.717, 1.165) is 5.56 Å². The van der Waals surface area contributed by atoms with E-state index in [4.69, 9.17) is 0 Å². The van der Waals surface area contributed by atoms with Crippen molar-refractivity contribution in [2.24, 2.45) is 0 Å². The van der Waals surface area contributed by atoms with Crippen molar-refractivity contribution in [3.63, 3.8) is 0 Å². The van der Waals surface area contributed by atoms with Crippen molar-refractivity contribution < 1.29 is 19.8 Å². The van der Waals surface area contributed by atoms with E-state index in [9.17, 15) is 19.8 Å². The number of hydrogen-bond donors (Lipinski definition) is 2. The highest BCUT2D eigenvalue weighted by atomic mass is 16.3. The van der Waals surface area contributed by atoms with Crippen LogP contribution in [0.3, 0.4) is 0 Å². The second kappa shape index (κ2) is 7.94. The fourth-order valence-electron chi connectivity index (χ4n) is 3.42. The van der Waals surface area contributed by atoms with Crippen LogP contribution in [0.15, 0.2) is 54.4 Å². The number of Topliss-reactive ketones (excluding diaryl/α,β-unsaturated/α-hetero) is 1. The molecule has 28 heavy (non-hydrogen) atoms. The molecule has 0 radical (unpaired) electrons. The van der Waals surface area contributed by atoms with Crippen LogP contribution < -0.4 is 0 Å². The lowest BCUT2D eigenvalue weighted by Gasteiger charge is -2.26. The van der Waals surface area contributed by atoms with Crippen LogP contribution in [-0.4, -0.2) is 44.4 Å². The Labute approximate surface area is 164 Å². The summed E-state index contributed by atoms with van der Waals surface area (Å²) >= 11 is 0. The molecule has 2 heterocycles. The quantitative estimate of drug-likeness (QED) is 0.473. The molecule has 2 aromatic rings. The maximum atomic E-state index is 12.8. The summed E-state index contributed by atoms with van der Waals surface area (Å²) < 4.78 is 0. The third kappa shape index (κ3) is 3.68. The van der Waals surface area contributed by atoms with E-state index in [2.05, 4.69) is 18.8 Å². The highest BCUT2D eigenvalue weighted by molar-refractivity contribution is 6.46. The molecular formula is C22H24N2O4. The van der Waals surface area contributed by atoms with Gasteiger partial charge in [-0.25, -0.2) is 0 Å². The molecule has 1 aliphatic heterocycles. The molecular weight excluding hydrogens is 356 g/mol. The molecule has 0 aliphatic carbocycles. The predicted molar refractivity (Wildman–Crippen MR) is 105 cm³/mol. The predicted octanol–water partition coefficient (Wildman–Crippen LogP) is 3.01. The van der Waals surface area contributed by atoms with Gasteiger partial charge in [0.2, 0.25) is 0 Å². The minimum atomic E-state index is -0.811. The van der Waals surface area contributed by atoms with Gasteiger partial charge in [0.25, 0.3) is 11.7 Å². The maximum absolute atomic E-state index is 12.8. The number of nitrogens with zero attached hydrogens (tertiary/aromatic N) is 2. The lowest BCUT2D eigenvalue weighted by molar-refractivity contribution is -0.140. The first-order chi connectivity index (χ1) is 13.3. The standard InChI is InChI=1S/C22H24N2O4/c1-13(2)15-6-8-16(9-7-15)19-18(20(26)17-5-4-10-23-11-17)21(27)22(28)24(19)12-14(3)25/h4-11,13-14,19,25-26H,12H2,1-3H3/b20-18+. The van der Waals surface area contributed by atoms with Crippen LogP contribution in [0.4, 0.5) is 0 Å². The third-order valence-electron chi connectivity index (χ3n) is 4.85. The number of rotatable bonds is 5. The molecule has 1 saturated heterocycles. The molecule has 0 bridgehead atoms. The zero-order valence-corrected chi connectivity index (χ0v) is 16.2. The average molecular weight is 380 g/mol. The average Bonchev–Trinajstić information content (AvgIpc) is 2.92. The molecule has 1 amide bonds. The van der Waals surface area contributed by atoms with Gasteiger partial charge in [-0.2, -0.15) is 0 Å². The van der Waals surface area contributed by atoms with Crippen molar-refractivity contribution in [1.29, 1.82) is 0 Å². The Morgan fingerprint density at radius 1 is 1.14 bits per heavy atom. The molecule has 3 rings (SSSR count). The summed E-state index contributed by atoms with van der Waals surface area (Å²) in [6.45, 7) is 5.71. The van der Waals surface area contributed by atoms with E-state index in [1.165, 1.54) is 11.1 Å². The largest absolute Gasteiger partial charge is 0.507 e. The highest BCUT2D eigenvalue weighted by Crippen LogP contribution is 2.39. The topological polar surface area (TPSA) is 90.7 Å². The molecule has 6 nitrogen and oxygen atoms in total. The minimum Gasteiger partial charge on any atom is -0.507 e. The van der Waals surface area contributed by atoms with Crippen molar-refractivity contribution >= 4 is 17.4 Å². The second-order valence-corrected chi connectivity index (χ2v) is 7.36. The molecule has 1 aromatic carbocycles. The van der Waals surface area contributed by atoms with Crippen LogP contribution in [0.1, 0.15) is 49.4 Å². The Hall–Kier alpha value is -2.99. The summed E-state index contributed by atoms with van der Waals surface area (Å²) in [5.74, 6) is -1.42. The van der Waals surface area contributed by atoms with Crippen LogP contribution in [0.2, 0.25) is 0 Å². The Bertz CT molecular complexity index is 902. The zero-order chi connectivity index (χ0) is 20.4. The first-order valence-electron chi connectivity index (χ1n) is 9.28. The van der Waals surface area contributed by atoms with Crippen LogP contribution in [0.25, 0.3) is 5.76 Å². The van der Waals surface area contributed by atoms with Crippen molar-refractivity contribution in [1.82, 2.24) is 9.88 Å². The van der Waals surface area contributed by atoms with Crippen LogP contribution in [-0.2, 0) is 9.59 Å². The van der Waals surface area contributed by atoms with Crippen molar-refractivity contribution in [2.75, 3.05) is 6.54 Å². The number of aliphatic hydroxyl groups excluding tert-OH is 2. The van der Waals surface area contributed by atoms with E-state index in [0.29, 0.717) is 17.0 Å². The Morgan fingerprint density at radius 3 is 2.36 bits per heavy atom. The summed E-state index contributed by atoms with van der Waals surface area (Å²) in [6, 6.07) is 10.1. The fraction of sp³-hybridized carbons (Fsp3) is 0.318. The van der Waals surface area contributed by atoms with E-state index >= 15 is 0 Å². The number of benzene rings is 1. The number of amides is 1. The van der Waals surface area contributed by atoms with Crippen LogP contribution in [0.5, 0.6) is 0 Å².